The number of nitrogens with zero attached hydrogens (tertiary/aromatic N) is 1. The lowest BCUT2D eigenvalue weighted by atomic mass is 9.91. The summed E-state index contributed by atoms with van der Waals surface area (Å²) >= 11 is 6.29. The highest BCUT2D eigenvalue weighted by atomic mass is 35.5. The standard InChI is InChI=1S/C16H23ClN2/c1-12-9-18-16(2,14-7-8-14)11-19(12)10-13-5-3-4-6-15(13)17/h3-6,12,14,18H,7-11H2,1-2H3. The first kappa shape index (κ1) is 13.4. The molecule has 0 amide bonds. The predicted octanol–water partition coefficient (Wildman–Crippen LogP) is 3.30. The second-order valence-electron chi connectivity index (χ2n) is 6.42. The lowest BCUT2D eigenvalue weighted by Gasteiger charge is -2.45. The van der Waals surface area contributed by atoms with Crippen LogP contribution < -0.4 is 5.32 Å². The summed E-state index contributed by atoms with van der Waals surface area (Å²) in [4.78, 5) is 2.58. The quantitative estimate of drug-likeness (QED) is 0.913. The van der Waals surface area contributed by atoms with Gasteiger partial charge in [0.1, 0.15) is 0 Å². The molecule has 104 valence electrons. The Morgan fingerprint density at radius 1 is 1.37 bits per heavy atom. The molecule has 1 aromatic carbocycles. The zero-order valence-electron chi connectivity index (χ0n) is 11.8. The van der Waals surface area contributed by atoms with Crippen LogP contribution in [-0.4, -0.2) is 29.6 Å². The van der Waals surface area contributed by atoms with Crippen LogP contribution in [0.2, 0.25) is 5.02 Å². The molecule has 2 atom stereocenters. The van der Waals surface area contributed by atoms with Crippen molar-refractivity contribution in [3.05, 3.63) is 34.9 Å². The van der Waals surface area contributed by atoms with Crippen LogP contribution in [0, 0.1) is 5.92 Å². The van der Waals surface area contributed by atoms with Gasteiger partial charge in [0.05, 0.1) is 0 Å². The molecule has 2 nitrogen and oxygen atoms in total. The highest BCUT2D eigenvalue weighted by Gasteiger charge is 2.45. The van der Waals surface area contributed by atoms with E-state index in [0.717, 1.165) is 30.6 Å². The van der Waals surface area contributed by atoms with Crippen LogP contribution in [0.15, 0.2) is 24.3 Å². The summed E-state index contributed by atoms with van der Waals surface area (Å²) in [5.41, 5.74) is 1.55. The summed E-state index contributed by atoms with van der Waals surface area (Å²) in [6.45, 7) is 7.86. The van der Waals surface area contributed by atoms with Gasteiger partial charge in [-0.3, -0.25) is 4.90 Å². The minimum Gasteiger partial charge on any atom is -0.308 e. The Morgan fingerprint density at radius 2 is 2.11 bits per heavy atom. The molecule has 0 aromatic heterocycles. The molecule has 2 fully saturated rings. The van der Waals surface area contributed by atoms with Crippen molar-refractivity contribution in [2.45, 2.75) is 44.8 Å². The topological polar surface area (TPSA) is 15.3 Å². The van der Waals surface area contributed by atoms with Crippen molar-refractivity contribution >= 4 is 11.6 Å². The Morgan fingerprint density at radius 3 is 2.79 bits per heavy atom. The Bertz CT molecular complexity index is 458. The maximum absolute atomic E-state index is 6.29. The molecular formula is C16H23ClN2. The first-order valence-electron chi connectivity index (χ1n) is 7.31. The maximum atomic E-state index is 6.29. The molecule has 19 heavy (non-hydrogen) atoms. The van der Waals surface area contributed by atoms with E-state index < -0.39 is 0 Å². The van der Waals surface area contributed by atoms with E-state index in [2.05, 4.69) is 36.2 Å². The van der Waals surface area contributed by atoms with Crippen molar-refractivity contribution in [2.24, 2.45) is 5.92 Å². The molecular weight excluding hydrogens is 256 g/mol. The fraction of sp³-hybridized carbons (Fsp3) is 0.625. The van der Waals surface area contributed by atoms with Crippen LogP contribution in [0.1, 0.15) is 32.3 Å². The summed E-state index contributed by atoms with van der Waals surface area (Å²) in [6.07, 6.45) is 2.77. The number of halogens is 1. The monoisotopic (exact) mass is 278 g/mol. The van der Waals surface area contributed by atoms with E-state index in [1.165, 1.54) is 18.4 Å². The van der Waals surface area contributed by atoms with Gasteiger partial charge in [-0.1, -0.05) is 29.8 Å². The van der Waals surface area contributed by atoms with Crippen molar-refractivity contribution in [3.8, 4) is 0 Å². The van der Waals surface area contributed by atoms with Gasteiger partial charge in [0.2, 0.25) is 0 Å². The minimum absolute atomic E-state index is 0.299. The smallest absolute Gasteiger partial charge is 0.0451 e. The van der Waals surface area contributed by atoms with E-state index in [4.69, 9.17) is 11.6 Å². The fourth-order valence-electron chi connectivity index (χ4n) is 3.19. The molecule has 0 bridgehead atoms. The molecule has 1 N–H and O–H groups in total. The number of nitrogens with one attached hydrogen (secondary N) is 1. The van der Waals surface area contributed by atoms with E-state index in [0.29, 0.717) is 11.6 Å². The molecule has 1 saturated carbocycles. The number of hydrogen-bond donors (Lipinski definition) is 1. The average molecular weight is 279 g/mol. The second-order valence-corrected chi connectivity index (χ2v) is 6.83. The van der Waals surface area contributed by atoms with Crippen molar-refractivity contribution in [1.82, 2.24) is 10.2 Å². The molecule has 1 heterocycles. The van der Waals surface area contributed by atoms with Gasteiger partial charge >= 0.3 is 0 Å². The van der Waals surface area contributed by atoms with Crippen molar-refractivity contribution in [2.75, 3.05) is 13.1 Å². The molecule has 1 aromatic rings. The van der Waals surface area contributed by atoms with E-state index >= 15 is 0 Å². The fourth-order valence-corrected chi connectivity index (χ4v) is 3.39. The zero-order chi connectivity index (χ0) is 13.5. The Labute approximate surface area is 121 Å². The van der Waals surface area contributed by atoms with Gasteiger partial charge in [0, 0.05) is 36.2 Å². The van der Waals surface area contributed by atoms with Gasteiger partial charge in [-0.2, -0.15) is 0 Å². The first-order valence-corrected chi connectivity index (χ1v) is 7.69. The summed E-state index contributed by atoms with van der Waals surface area (Å²) in [5, 5.41) is 4.65. The molecule has 1 aliphatic heterocycles. The molecule has 0 radical (unpaired) electrons. The van der Waals surface area contributed by atoms with Gasteiger partial charge in [-0.15, -0.1) is 0 Å². The summed E-state index contributed by atoms with van der Waals surface area (Å²) in [6, 6.07) is 8.79. The van der Waals surface area contributed by atoms with E-state index in [1.54, 1.807) is 0 Å². The zero-order valence-corrected chi connectivity index (χ0v) is 12.6. The lowest BCUT2D eigenvalue weighted by molar-refractivity contribution is 0.0770. The van der Waals surface area contributed by atoms with Crippen LogP contribution in [0.4, 0.5) is 0 Å². The summed E-state index contributed by atoms with van der Waals surface area (Å²) in [5.74, 6) is 0.869. The third kappa shape index (κ3) is 2.81. The van der Waals surface area contributed by atoms with Crippen LogP contribution in [0.3, 0.4) is 0 Å². The van der Waals surface area contributed by atoms with Crippen LogP contribution in [-0.2, 0) is 6.54 Å². The van der Waals surface area contributed by atoms with Crippen molar-refractivity contribution < 1.29 is 0 Å². The maximum Gasteiger partial charge on any atom is 0.0451 e. The van der Waals surface area contributed by atoms with Gasteiger partial charge in [0.25, 0.3) is 0 Å². The average Bonchev–Trinajstić information content (AvgIpc) is 3.21. The predicted molar refractivity (Wildman–Crippen MR) is 80.5 cm³/mol. The molecule has 1 saturated heterocycles. The molecule has 1 aliphatic carbocycles. The first-order chi connectivity index (χ1) is 9.08. The van der Waals surface area contributed by atoms with E-state index in [1.807, 2.05) is 12.1 Å². The largest absolute Gasteiger partial charge is 0.308 e. The Balaban J connectivity index is 1.73. The third-order valence-corrected chi connectivity index (χ3v) is 5.13. The SMILES string of the molecule is CC1CNC(C)(C2CC2)CN1Cc1ccccc1Cl. The molecule has 2 aliphatic rings. The number of benzene rings is 1. The number of rotatable bonds is 3. The number of hydrogen-bond acceptors (Lipinski definition) is 2. The summed E-state index contributed by atoms with van der Waals surface area (Å²) in [7, 11) is 0. The lowest BCUT2D eigenvalue weighted by Crippen LogP contribution is -2.62. The minimum atomic E-state index is 0.299. The van der Waals surface area contributed by atoms with Gasteiger partial charge in [-0.05, 0) is 44.2 Å². The van der Waals surface area contributed by atoms with E-state index in [-0.39, 0.29) is 0 Å². The van der Waals surface area contributed by atoms with Crippen LogP contribution in [0.25, 0.3) is 0 Å². The Hall–Kier alpha value is -0.570. The van der Waals surface area contributed by atoms with Crippen LogP contribution >= 0.6 is 11.6 Å². The normalized spacial score (nSPS) is 32.5. The third-order valence-electron chi connectivity index (χ3n) is 4.77. The molecule has 3 rings (SSSR count). The van der Waals surface area contributed by atoms with Gasteiger partial charge in [-0.25, -0.2) is 0 Å². The molecule has 0 spiro atoms. The van der Waals surface area contributed by atoms with Gasteiger partial charge < -0.3 is 5.32 Å². The molecule has 2 unspecified atom stereocenters. The van der Waals surface area contributed by atoms with Crippen molar-refractivity contribution in [1.29, 1.82) is 0 Å². The van der Waals surface area contributed by atoms with Crippen LogP contribution in [0.5, 0.6) is 0 Å². The Kier molecular flexibility index (Phi) is 3.59. The van der Waals surface area contributed by atoms with Gasteiger partial charge in [0.15, 0.2) is 0 Å². The second kappa shape index (κ2) is 5.08. The highest BCUT2D eigenvalue weighted by Crippen LogP contribution is 2.41. The number of piperazine rings is 1. The van der Waals surface area contributed by atoms with E-state index in [9.17, 15) is 0 Å². The highest BCUT2D eigenvalue weighted by molar-refractivity contribution is 6.31. The molecule has 3 heteroatoms. The van der Waals surface area contributed by atoms with Crippen molar-refractivity contribution in [3.63, 3.8) is 0 Å². The summed E-state index contributed by atoms with van der Waals surface area (Å²) < 4.78 is 0.